The third kappa shape index (κ3) is 4.89. The third-order valence-corrected chi connectivity index (χ3v) is 4.60. The van der Waals surface area contributed by atoms with Crippen LogP contribution in [0.3, 0.4) is 0 Å². The Morgan fingerprint density at radius 2 is 1.79 bits per heavy atom. The fraction of sp³-hybridized carbons (Fsp3) is 0.286. The number of halogens is 1. The summed E-state index contributed by atoms with van der Waals surface area (Å²) in [5.74, 6) is 0.556. The Bertz CT molecular complexity index is 966. The van der Waals surface area contributed by atoms with Gasteiger partial charge in [0.25, 0.3) is 5.91 Å². The minimum absolute atomic E-state index is 0.0450. The van der Waals surface area contributed by atoms with Gasteiger partial charge in [0.1, 0.15) is 12.4 Å². The number of imidazole rings is 1. The van der Waals surface area contributed by atoms with Crippen LogP contribution in [0.1, 0.15) is 29.5 Å². The van der Waals surface area contributed by atoms with Crippen LogP contribution in [0.4, 0.5) is 0 Å². The van der Waals surface area contributed by atoms with Gasteiger partial charge >= 0.3 is 0 Å². The molecule has 1 heterocycles. The molecular formula is C21H23ClN4O2. The molecule has 0 spiro atoms. The van der Waals surface area contributed by atoms with Crippen molar-refractivity contribution in [3.05, 3.63) is 64.9 Å². The lowest BCUT2D eigenvalue weighted by atomic mass is 10.2. The van der Waals surface area contributed by atoms with Crippen molar-refractivity contribution in [2.75, 3.05) is 13.1 Å². The predicted molar refractivity (Wildman–Crippen MR) is 111 cm³/mol. The lowest BCUT2D eigenvalue weighted by molar-refractivity contribution is -0.121. The highest BCUT2D eigenvalue weighted by atomic mass is 35.5. The van der Waals surface area contributed by atoms with Crippen LogP contribution >= 0.6 is 11.6 Å². The van der Waals surface area contributed by atoms with Crippen LogP contribution in [0.2, 0.25) is 5.02 Å². The molecule has 3 aromatic rings. The first-order chi connectivity index (χ1) is 13.6. The zero-order chi connectivity index (χ0) is 19.9. The van der Waals surface area contributed by atoms with Gasteiger partial charge in [0.05, 0.1) is 11.0 Å². The highest BCUT2D eigenvalue weighted by molar-refractivity contribution is 6.30. The Morgan fingerprint density at radius 3 is 2.54 bits per heavy atom. The lowest BCUT2D eigenvalue weighted by Crippen LogP contribution is -2.30. The number of hydrogen-bond acceptors (Lipinski definition) is 3. The first-order valence-electron chi connectivity index (χ1n) is 9.33. The van der Waals surface area contributed by atoms with Crippen LogP contribution < -0.4 is 10.6 Å². The summed E-state index contributed by atoms with van der Waals surface area (Å²) in [6, 6.07) is 14.5. The number of carbonyl (C=O) groups is 2. The molecule has 0 aliphatic rings. The maximum atomic E-state index is 12.3. The molecule has 2 aromatic carbocycles. The summed E-state index contributed by atoms with van der Waals surface area (Å²) in [5, 5.41) is 6.37. The Morgan fingerprint density at radius 1 is 1.04 bits per heavy atom. The average Bonchev–Trinajstić information content (AvgIpc) is 3.04. The Kier molecular flexibility index (Phi) is 6.66. The van der Waals surface area contributed by atoms with Crippen molar-refractivity contribution in [2.24, 2.45) is 0 Å². The molecule has 6 nitrogen and oxygen atoms in total. The van der Waals surface area contributed by atoms with Gasteiger partial charge in [-0.25, -0.2) is 4.98 Å². The summed E-state index contributed by atoms with van der Waals surface area (Å²) in [7, 11) is 0. The SMILES string of the molecule is CCCNC(=O)Cn1c(CCNC(=O)c2ccc(Cl)cc2)nc2ccccc21. The zero-order valence-electron chi connectivity index (χ0n) is 15.7. The van der Waals surface area contributed by atoms with E-state index in [1.165, 1.54) is 0 Å². The standard InChI is InChI=1S/C21H23ClN4O2/c1-2-12-23-20(27)14-26-18-6-4-3-5-17(18)25-19(26)11-13-24-21(28)15-7-9-16(22)10-8-15/h3-10H,2,11-14H2,1H3,(H,23,27)(H,24,28). The number of nitrogens with one attached hydrogen (secondary N) is 2. The largest absolute Gasteiger partial charge is 0.355 e. The summed E-state index contributed by atoms with van der Waals surface area (Å²) < 4.78 is 1.91. The Balaban J connectivity index is 1.69. The lowest BCUT2D eigenvalue weighted by Gasteiger charge is -2.10. The van der Waals surface area contributed by atoms with Crippen LogP contribution in [-0.2, 0) is 17.8 Å². The normalized spacial score (nSPS) is 10.8. The average molecular weight is 399 g/mol. The van der Waals surface area contributed by atoms with E-state index >= 15 is 0 Å². The highest BCUT2D eigenvalue weighted by Gasteiger charge is 2.14. The number of nitrogens with zero attached hydrogens (tertiary/aromatic N) is 2. The van der Waals surface area contributed by atoms with Gasteiger partial charge in [-0.2, -0.15) is 0 Å². The molecule has 2 amide bonds. The molecule has 28 heavy (non-hydrogen) atoms. The first-order valence-corrected chi connectivity index (χ1v) is 9.71. The van der Waals surface area contributed by atoms with Crippen LogP contribution in [0.5, 0.6) is 0 Å². The molecule has 0 radical (unpaired) electrons. The number of carbonyl (C=O) groups excluding carboxylic acids is 2. The molecule has 1 aromatic heterocycles. The molecule has 2 N–H and O–H groups in total. The number of rotatable bonds is 8. The smallest absolute Gasteiger partial charge is 0.251 e. The van der Waals surface area contributed by atoms with Crippen LogP contribution in [0.25, 0.3) is 11.0 Å². The number of amides is 2. The van der Waals surface area contributed by atoms with Crippen LogP contribution in [0, 0.1) is 0 Å². The number of para-hydroxylation sites is 2. The fourth-order valence-electron chi connectivity index (χ4n) is 2.95. The van der Waals surface area contributed by atoms with E-state index in [2.05, 4.69) is 15.6 Å². The number of fused-ring (bicyclic) bond motifs is 1. The van der Waals surface area contributed by atoms with Crippen molar-refractivity contribution in [3.63, 3.8) is 0 Å². The van der Waals surface area contributed by atoms with Gasteiger partial charge in [-0.3, -0.25) is 9.59 Å². The fourth-order valence-corrected chi connectivity index (χ4v) is 3.07. The number of benzene rings is 2. The highest BCUT2D eigenvalue weighted by Crippen LogP contribution is 2.16. The molecule has 0 saturated heterocycles. The summed E-state index contributed by atoms with van der Waals surface area (Å²) in [6.45, 7) is 3.29. The Labute approximate surface area is 168 Å². The van der Waals surface area contributed by atoms with E-state index in [0.29, 0.717) is 30.1 Å². The molecule has 0 aliphatic carbocycles. The molecule has 3 rings (SSSR count). The van der Waals surface area contributed by atoms with E-state index < -0.39 is 0 Å². The second-order valence-corrected chi connectivity index (χ2v) is 6.90. The summed E-state index contributed by atoms with van der Waals surface area (Å²) >= 11 is 5.85. The van der Waals surface area contributed by atoms with Crippen LogP contribution in [-0.4, -0.2) is 34.5 Å². The van der Waals surface area contributed by atoms with Gasteiger partial charge in [0.15, 0.2) is 0 Å². The zero-order valence-corrected chi connectivity index (χ0v) is 16.5. The van der Waals surface area contributed by atoms with Gasteiger partial charge in [-0.15, -0.1) is 0 Å². The number of hydrogen-bond donors (Lipinski definition) is 2. The molecule has 0 aliphatic heterocycles. The van der Waals surface area contributed by atoms with Gasteiger partial charge in [-0.1, -0.05) is 30.7 Å². The van der Waals surface area contributed by atoms with E-state index in [0.717, 1.165) is 23.3 Å². The molecular weight excluding hydrogens is 376 g/mol. The van der Waals surface area contributed by atoms with E-state index in [4.69, 9.17) is 11.6 Å². The monoisotopic (exact) mass is 398 g/mol. The third-order valence-electron chi connectivity index (χ3n) is 4.35. The van der Waals surface area contributed by atoms with Gasteiger partial charge in [0, 0.05) is 30.1 Å². The summed E-state index contributed by atoms with van der Waals surface area (Å²) in [4.78, 5) is 29.1. The molecule has 7 heteroatoms. The van der Waals surface area contributed by atoms with E-state index in [9.17, 15) is 9.59 Å². The maximum Gasteiger partial charge on any atom is 0.251 e. The summed E-state index contributed by atoms with van der Waals surface area (Å²) in [6.07, 6.45) is 1.41. The summed E-state index contributed by atoms with van der Waals surface area (Å²) in [5.41, 5.74) is 2.30. The van der Waals surface area contributed by atoms with Crippen molar-refractivity contribution in [2.45, 2.75) is 26.3 Å². The predicted octanol–water partition coefficient (Wildman–Crippen LogP) is 3.19. The first kappa shape index (κ1) is 19.9. The molecule has 0 saturated carbocycles. The Hall–Kier alpha value is -2.86. The van der Waals surface area contributed by atoms with Crippen molar-refractivity contribution in [3.8, 4) is 0 Å². The van der Waals surface area contributed by atoms with Crippen molar-refractivity contribution >= 4 is 34.4 Å². The minimum Gasteiger partial charge on any atom is -0.355 e. The van der Waals surface area contributed by atoms with Gasteiger partial charge in [-0.05, 0) is 42.8 Å². The van der Waals surface area contributed by atoms with E-state index in [-0.39, 0.29) is 18.4 Å². The second kappa shape index (κ2) is 9.37. The van der Waals surface area contributed by atoms with Crippen molar-refractivity contribution < 1.29 is 9.59 Å². The van der Waals surface area contributed by atoms with Crippen molar-refractivity contribution in [1.29, 1.82) is 0 Å². The van der Waals surface area contributed by atoms with Crippen molar-refractivity contribution in [1.82, 2.24) is 20.2 Å². The van der Waals surface area contributed by atoms with E-state index in [1.54, 1.807) is 24.3 Å². The molecule has 0 unspecified atom stereocenters. The van der Waals surface area contributed by atoms with E-state index in [1.807, 2.05) is 35.8 Å². The molecule has 146 valence electrons. The van der Waals surface area contributed by atoms with Gasteiger partial charge < -0.3 is 15.2 Å². The molecule has 0 atom stereocenters. The van der Waals surface area contributed by atoms with Crippen LogP contribution in [0.15, 0.2) is 48.5 Å². The molecule has 0 bridgehead atoms. The number of aromatic nitrogens is 2. The molecule has 0 fully saturated rings. The van der Waals surface area contributed by atoms with Gasteiger partial charge in [0.2, 0.25) is 5.91 Å². The quantitative estimate of drug-likeness (QED) is 0.611. The topological polar surface area (TPSA) is 76.0 Å². The maximum absolute atomic E-state index is 12.3. The minimum atomic E-state index is -0.167. The second-order valence-electron chi connectivity index (χ2n) is 6.47.